The molecule has 0 aliphatic heterocycles. The van der Waals surface area contributed by atoms with E-state index in [1.54, 1.807) is 25.7 Å². The molecule has 0 aromatic rings. The van der Waals surface area contributed by atoms with Crippen molar-refractivity contribution in [2.45, 2.75) is 113 Å². The minimum Gasteiger partial charge on any atom is -0.327 e. The van der Waals surface area contributed by atoms with Crippen LogP contribution in [0.2, 0.25) is 0 Å². The second-order valence-corrected chi connectivity index (χ2v) is 10.6. The third-order valence-corrected chi connectivity index (χ3v) is 10.3. The van der Waals surface area contributed by atoms with Gasteiger partial charge in [0.05, 0.1) is 0 Å². The average Bonchev–Trinajstić information content (AvgIpc) is 2.52. The van der Waals surface area contributed by atoms with Crippen molar-refractivity contribution >= 4 is 7.92 Å². The van der Waals surface area contributed by atoms with Crippen LogP contribution in [0, 0.1) is 0 Å². The Hall–Kier alpha value is 0.390. The minimum absolute atomic E-state index is 0.220. The Morgan fingerprint density at radius 1 is 0.550 bits per heavy atom. The molecule has 1 nitrogen and oxygen atoms in total. The molecule has 0 bridgehead atoms. The summed E-state index contributed by atoms with van der Waals surface area (Å²) in [6, 6.07) is 0.554. The van der Waals surface area contributed by atoms with Gasteiger partial charge in [-0.2, -0.15) is 0 Å². The Morgan fingerprint density at radius 2 is 1.00 bits per heavy atom. The lowest BCUT2D eigenvalue weighted by Crippen LogP contribution is -2.40. The first-order chi connectivity index (χ1) is 9.86. The highest BCUT2D eigenvalue weighted by Crippen LogP contribution is 2.61. The van der Waals surface area contributed by atoms with Crippen molar-refractivity contribution in [2.24, 2.45) is 5.73 Å². The van der Waals surface area contributed by atoms with E-state index in [9.17, 15) is 0 Å². The van der Waals surface area contributed by atoms with Crippen molar-refractivity contribution in [3.63, 3.8) is 0 Å². The Balaban J connectivity index is 1.73. The molecule has 0 heterocycles. The highest BCUT2D eigenvalue weighted by Gasteiger charge is 2.39. The lowest BCUT2D eigenvalue weighted by molar-refractivity contribution is 0.427. The zero-order valence-electron chi connectivity index (χ0n) is 13.2. The van der Waals surface area contributed by atoms with E-state index in [1.165, 1.54) is 64.2 Å². The maximum Gasteiger partial charge on any atom is 0.0107 e. The van der Waals surface area contributed by atoms with Crippen LogP contribution in [0.5, 0.6) is 0 Å². The third-order valence-electron chi connectivity index (χ3n) is 6.16. The predicted octanol–water partition coefficient (Wildman–Crippen LogP) is 5.40. The van der Waals surface area contributed by atoms with Crippen LogP contribution in [0.25, 0.3) is 0 Å². The summed E-state index contributed by atoms with van der Waals surface area (Å²) < 4.78 is 0. The second kappa shape index (κ2) is 7.59. The van der Waals surface area contributed by atoms with E-state index in [0.717, 1.165) is 17.0 Å². The number of hydrogen-bond donors (Lipinski definition) is 1. The largest absolute Gasteiger partial charge is 0.327 e. The molecule has 116 valence electrons. The third kappa shape index (κ3) is 3.58. The molecular weight excluding hydrogens is 261 g/mol. The molecule has 0 radical (unpaired) electrons. The number of rotatable bonds is 3. The molecule has 3 aliphatic carbocycles. The van der Waals surface area contributed by atoms with Crippen LogP contribution in [0.1, 0.15) is 89.9 Å². The van der Waals surface area contributed by atoms with Gasteiger partial charge in [0.25, 0.3) is 0 Å². The van der Waals surface area contributed by atoms with Gasteiger partial charge in [-0.3, -0.25) is 0 Å². The fourth-order valence-corrected chi connectivity index (χ4v) is 9.78. The van der Waals surface area contributed by atoms with Crippen LogP contribution < -0.4 is 5.73 Å². The van der Waals surface area contributed by atoms with Gasteiger partial charge in [-0.05, 0) is 55.5 Å². The molecule has 0 saturated heterocycles. The molecule has 2 heteroatoms. The highest BCUT2D eigenvalue weighted by molar-refractivity contribution is 7.60. The van der Waals surface area contributed by atoms with Gasteiger partial charge in [-0.25, -0.2) is 0 Å². The molecule has 0 aromatic carbocycles. The highest BCUT2D eigenvalue weighted by atomic mass is 31.1. The summed E-state index contributed by atoms with van der Waals surface area (Å²) in [4.78, 5) is 0. The van der Waals surface area contributed by atoms with Crippen LogP contribution in [-0.2, 0) is 0 Å². The smallest absolute Gasteiger partial charge is 0.0107 e. The zero-order valence-corrected chi connectivity index (χ0v) is 14.1. The quantitative estimate of drug-likeness (QED) is 0.693. The predicted molar refractivity (Wildman–Crippen MR) is 90.9 cm³/mol. The zero-order chi connectivity index (χ0) is 13.8. The minimum atomic E-state index is 0.220. The molecule has 0 amide bonds. The molecule has 3 saturated carbocycles. The Bertz CT molecular complexity index is 263. The van der Waals surface area contributed by atoms with Crippen LogP contribution in [-0.4, -0.2) is 23.0 Å². The molecule has 2 N–H and O–H groups in total. The molecule has 2 atom stereocenters. The van der Waals surface area contributed by atoms with Gasteiger partial charge in [-0.1, -0.05) is 59.3 Å². The lowest BCUT2D eigenvalue weighted by Gasteiger charge is -2.46. The maximum atomic E-state index is 6.61. The Morgan fingerprint density at radius 3 is 1.50 bits per heavy atom. The van der Waals surface area contributed by atoms with E-state index < -0.39 is 0 Å². The van der Waals surface area contributed by atoms with Gasteiger partial charge < -0.3 is 5.73 Å². The van der Waals surface area contributed by atoms with Crippen molar-refractivity contribution in [2.75, 3.05) is 0 Å². The Kier molecular flexibility index (Phi) is 5.80. The number of nitrogens with two attached hydrogens (primary N) is 1. The fraction of sp³-hybridized carbons (Fsp3) is 1.00. The SMILES string of the molecule is N[C@@H]1CCCC[C@H]1P(C1CCCCC1)C1CCCCC1. The van der Waals surface area contributed by atoms with Crippen LogP contribution >= 0.6 is 7.92 Å². The van der Waals surface area contributed by atoms with Crippen LogP contribution in [0.3, 0.4) is 0 Å². The van der Waals surface area contributed by atoms with Gasteiger partial charge in [0.15, 0.2) is 0 Å². The summed E-state index contributed by atoms with van der Waals surface area (Å²) in [5, 5.41) is 0. The summed E-state index contributed by atoms with van der Waals surface area (Å²) in [6.07, 6.45) is 20.9. The summed E-state index contributed by atoms with van der Waals surface area (Å²) in [6.45, 7) is 0. The van der Waals surface area contributed by atoms with E-state index >= 15 is 0 Å². The second-order valence-electron chi connectivity index (χ2n) is 7.55. The van der Waals surface area contributed by atoms with Crippen LogP contribution in [0.4, 0.5) is 0 Å². The first-order valence-electron chi connectivity index (χ1n) is 9.39. The van der Waals surface area contributed by atoms with Gasteiger partial charge in [0.2, 0.25) is 0 Å². The van der Waals surface area contributed by atoms with E-state index in [-0.39, 0.29) is 7.92 Å². The van der Waals surface area contributed by atoms with Crippen molar-refractivity contribution in [1.29, 1.82) is 0 Å². The number of hydrogen-bond acceptors (Lipinski definition) is 1. The van der Waals surface area contributed by atoms with Crippen molar-refractivity contribution < 1.29 is 0 Å². The van der Waals surface area contributed by atoms with Crippen molar-refractivity contribution in [3.8, 4) is 0 Å². The molecule has 3 rings (SSSR count). The molecule has 20 heavy (non-hydrogen) atoms. The molecular formula is C18H34NP. The van der Waals surface area contributed by atoms with E-state index in [1.807, 2.05) is 0 Å². The Labute approximate surface area is 127 Å². The van der Waals surface area contributed by atoms with E-state index in [0.29, 0.717) is 6.04 Å². The van der Waals surface area contributed by atoms with Gasteiger partial charge in [0, 0.05) is 6.04 Å². The average molecular weight is 295 g/mol. The summed E-state index contributed by atoms with van der Waals surface area (Å²) >= 11 is 0. The molecule has 3 fully saturated rings. The monoisotopic (exact) mass is 295 g/mol. The first-order valence-corrected chi connectivity index (χ1v) is 10.9. The first kappa shape index (κ1) is 15.3. The summed E-state index contributed by atoms with van der Waals surface area (Å²) in [5.41, 5.74) is 9.73. The van der Waals surface area contributed by atoms with Crippen molar-refractivity contribution in [1.82, 2.24) is 0 Å². The fourth-order valence-electron chi connectivity index (χ4n) is 5.11. The van der Waals surface area contributed by atoms with Gasteiger partial charge in [-0.15, -0.1) is 0 Å². The van der Waals surface area contributed by atoms with E-state index in [4.69, 9.17) is 5.73 Å². The normalized spacial score (nSPS) is 34.5. The van der Waals surface area contributed by atoms with E-state index in [2.05, 4.69) is 0 Å². The molecule has 3 aliphatic rings. The standard InChI is InChI=1S/C18H34NP/c19-17-13-7-8-14-18(17)20(15-9-3-1-4-10-15)16-11-5-2-6-12-16/h15-18H,1-14,19H2/t17-,18-/m1/s1. The van der Waals surface area contributed by atoms with Crippen LogP contribution in [0.15, 0.2) is 0 Å². The molecule has 0 spiro atoms. The summed E-state index contributed by atoms with van der Waals surface area (Å²) in [7, 11) is 0.220. The van der Waals surface area contributed by atoms with Gasteiger partial charge >= 0.3 is 0 Å². The van der Waals surface area contributed by atoms with Crippen molar-refractivity contribution in [3.05, 3.63) is 0 Å². The summed E-state index contributed by atoms with van der Waals surface area (Å²) in [5.74, 6) is 0. The lowest BCUT2D eigenvalue weighted by atomic mass is 9.95. The topological polar surface area (TPSA) is 26.0 Å². The molecule has 0 unspecified atom stereocenters. The van der Waals surface area contributed by atoms with Gasteiger partial charge in [0.1, 0.15) is 0 Å². The maximum absolute atomic E-state index is 6.61. The molecule has 0 aromatic heterocycles.